The first-order valence-electron chi connectivity index (χ1n) is 6.12. The number of rotatable bonds is 3. The lowest BCUT2D eigenvalue weighted by atomic mass is 10.0. The molecule has 1 amide bonds. The molecule has 6 heteroatoms. The Bertz CT molecular complexity index is 484. The van der Waals surface area contributed by atoms with Gasteiger partial charge in [0.25, 0.3) is 5.91 Å². The van der Waals surface area contributed by atoms with Gasteiger partial charge in [-0.25, -0.2) is 0 Å². The molecule has 6 nitrogen and oxygen atoms in total. The quantitative estimate of drug-likeness (QED) is 0.573. The van der Waals surface area contributed by atoms with Crippen molar-refractivity contribution in [2.24, 2.45) is 0 Å². The van der Waals surface area contributed by atoms with Crippen LogP contribution in [0.25, 0.3) is 0 Å². The number of benzene rings is 1. The van der Waals surface area contributed by atoms with Crippen LogP contribution in [0, 0.1) is 0 Å². The Morgan fingerprint density at radius 2 is 2.16 bits per heavy atom. The Labute approximate surface area is 111 Å². The summed E-state index contributed by atoms with van der Waals surface area (Å²) in [6.07, 6.45) is 0.603. The lowest BCUT2D eigenvalue weighted by Crippen LogP contribution is -2.45. The molecule has 4 N–H and O–H groups in total. The molecule has 1 unspecified atom stereocenters. The van der Waals surface area contributed by atoms with E-state index in [0.717, 1.165) is 6.54 Å². The summed E-state index contributed by atoms with van der Waals surface area (Å²) in [4.78, 5) is 13.6. The van der Waals surface area contributed by atoms with Crippen molar-refractivity contribution < 1.29 is 20.1 Å². The standard InChI is InChI=1S/C13H18N2O4/c1-15(8-13(19)4-5-14-7-13)12(18)9-2-3-10(16)11(17)6-9/h2-3,6,14,16-17,19H,4-5,7-8H2,1H3. The predicted octanol–water partition coefficient (Wildman–Crippen LogP) is -0.106. The first kappa shape index (κ1) is 13.6. The van der Waals surface area contributed by atoms with Gasteiger partial charge in [0, 0.05) is 19.2 Å². The van der Waals surface area contributed by atoms with Gasteiger partial charge in [0.1, 0.15) is 0 Å². The third-order valence-corrected chi connectivity index (χ3v) is 3.32. The molecule has 1 saturated heterocycles. The van der Waals surface area contributed by atoms with E-state index < -0.39 is 5.60 Å². The second kappa shape index (κ2) is 5.07. The Hall–Kier alpha value is -1.79. The third kappa shape index (κ3) is 2.97. The van der Waals surface area contributed by atoms with Crippen LogP contribution in [0.2, 0.25) is 0 Å². The summed E-state index contributed by atoms with van der Waals surface area (Å²) in [5.74, 6) is -0.908. The second-order valence-corrected chi connectivity index (χ2v) is 5.02. The molecule has 1 aromatic carbocycles. The van der Waals surface area contributed by atoms with Crippen LogP contribution >= 0.6 is 0 Å². The van der Waals surface area contributed by atoms with Gasteiger partial charge in [-0.05, 0) is 31.2 Å². The number of hydrogen-bond acceptors (Lipinski definition) is 5. The lowest BCUT2D eigenvalue weighted by Gasteiger charge is -2.28. The molecule has 0 bridgehead atoms. The molecule has 104 valence electrons. The van der Waals surface area contributed by atoms with Crippen LogP contribution in [0.3, 0.4) is 0 Å². The molecule has 19 heavy (non-hydrogen) atoms. The molecule has 1 fully saturated rings. The Balaban J connectivity index is 2.08. The number of hydrogen-bond donors (Lipinski definition) is 4. The third-order valence-electron chi connectivity index (χ3n) is 3.32. The second-order valence-electron chi connectivity index (χ2n) is 5.02. The van der Waals surface area contributed by atoms with E-state index in [0.29, 0.717) is 13.0 Å². The molecule has 0 saturated carbocycles. The summed E-state index contributed by atoms with van der Waals surface area (Å²) in [5, 5.41) is 31.9. The minimum absolute atomic E-state index is 0.223. The number of nitrogens with one attached hydrogen (secondary N) is 1. The molecule has 0 spiro atoms. The largest absolute Gasteiger partial charge is 0.504 e. The molecule has 1 aliphatic heterocycles. The Morgan fingerprint density at radius 1 is 1.42 bits per heavy atom. The van der Waals surface area contributed by atoms with Crippen LogP contribution in [0.15, 0.2) is 18.2 Å². The number of carbonyl (C=O) groups excluding carboxylic acids is 1. The van der Waals surface area contributed by atoms with E-state index >= 15 is 0 Å². The van der Waals surface area contributed by atoms with Crippen molar-refractivity contribution >= 4 is 5.91 Å². The molecule has 1 heterocycles. The summed E-state index contributed by atoms with van der Waals surface area (Å²) in [5.41, 5.74) is -0.629. The van der Waals surface area contributed by atoms with Gasteiger partial charge in [-0.2, -0.15) is 0 Å². The van der Waals surface area contributed by atoms with E-state index in [2.05, 4.69) is 5.32 Å². The number of likely N-dealkylation sites (N-methyl/N-ethyl adjacent to an activating group) is 1. The van der Waals surface area contributed by atoms with Crippen molar-refractivity contribution in [1.29, 1.82) is 0 Å². The van der Waals surface area contributed by atoms with E-state index in [1.54, 1.807) is 7.05 Å². The normalized spacial score (nSPS) is 22.4. The van der Waals surface area contributed by atoms with Gasteiger partial charge in [-0.15, -0.1) is 0 Å². The van der Waals surface area contributed by atoms with E-state index in [1.165, 1.54) is 23.1 Å². The Kier molecular flexibility index (Phi) is 3.64. The molecular formula is C13H18N2O4. The maximum Gasteiger partial charge on any atom is 0.253 e. The summed E-state index contributed by atoms with van der Waals surface area (Å²) in [6.45, 7) is 1.42. The van der Waals surface area contributed by atoms with Crippen LogP contribution < -0.4 is 5.32 Å². The highest BCUT2D eigenvalue weighted by Gasteiger charge is 2.33. The van der Waals surface area contributed by atoms with Gasteiger partial charge in [0.2, 0.25) is 0 Å². The smallest absolute Gasteiger partial charge is 0.253 e. The van der Waals surface area contributed by atoms with Crippen LogP contribution in [0.4, 0.5) is 0 Å². The van der Waals surface area contributed by atoms with E-state index in [1.807, 2.05) is 0 Å². The van der Waals surface area contributed by atoms with Crippen molar-refractivity contribution in [2.75, 3.05) is 26.7 Å². The van der Waals surface area contributed by atoms with Crippen molar-refractivity contribution in [1.82, 2.24) is 10.2 Å². The summed E-state index contributed by atoms with van der Waals surface area (Å²) in [7, 11) is 1.60. The number of carbonyl (C=O) groups is 1. The zero-order valence-corrected chi connectivity index (χ0v) is 10.8. The predicted molar refractivity (Wildman–Crippen MR) is 69.2 cm³/mol. The van der Waals surface area contributed by atoms with Crippen molar-refractivity contribution in [3.8, 4) is 11.5 Å². The van der Waals surface area contributed by atoms with Crippen LogP contribution in [-0.2, 0) is 0 Å². The van der Waals surface area contributed by atoms with Gasteiger partial charge in [-0.3, -0.25) is 4.79 Å². The number of aliphatic hydroxyl groups is 1. The van der Waals surface area contributed by atoms with E-state index in [4.69, 9.17) is 0 Å². The maximum absolute atomic E-state index is 12.1. The average molecular weight is 266 g/mol. The molecular weight excluding hydrogens is 248 g/mol. The average Bonchev–Trinajstić information content (AvgIpc) is 2.78. The van der Waals surface area contributed by atoms with Gasteiger partial charge in [0.15, 0.2) is 11.5 Å². The molecule has 1 atom stereocenters. The van der Waals surface area contributed by atoms with Crippen LogP contribution in [-0.4, -0.2) is 58.4 Å². The fourth-order valence-electron chi connectivity index (χ4n) is 2.26. The maximum atomic E-state index is 12.1. The summed E-state index contributed by atoms with van der Waals surface area (Å²) < 4.78 is 0. The van der Waals surface area contributed by atoms with Gasteiger partial charge >= 0.3 is 0 Å². The lowest BCUT2D eigenvalue weighted by molar-refractivity contribution is 0.0252. The van der Waals surface area contributed by atoms with E-state index in [9.17, 15) is 20.1 Å². The molecule has 0 radical (unpaired) electrons. The molecule has 2 rings (SSSR count). The monoisotopic (exact) mass is 266 g/mol. The van der Waals surface area contributed by atoms with Crippen LogP contribution in [0.5, 0.6) is 11.5 Å². The highest BCUT2D eigenvalue weighted by molar-refractivity contribution is 5.94. The molecule has 1 aromatic rings. The minimum atomic E-state index is -0.899. The zero-order valence-electron chi connectivity index (χ0n) is 10.8. The SMILES string of the molecule is CN(CC1(O)CCNC1)C(=O)c1ccc(O)c(O)c1. The number of amides is 1. The summed E-state index contributed by atoms with van der Waals surface area (Å²) in [6, 6.07) is 3.91. The Morgan fingerprint density at radius 3 is 2.74 bits per heavy atom. The number of aromatic hydroxyl groups is 2. The fourth-order valence-corrected chi connectivity index (χ4v) is 2.26. The highest BCUT2D eigenvalue weighted by Crippen LogP contribution is 2.25. The summed E-state index contributed by atoms with van der Waals surface area (Å²) >= 11 is 0. The topological polar surface area (TPSA) is 93.0 Å². The number of phenols is 2. The molecule has 1 aliphatic rings. The van der Waals surface area contributed by atoms with Gasteiger partial charge in [-0.1, -0.05) is 0 Å². The minimum Gasteiger partial charge on any atom is -0.504 e. The highest BCUT2D eigenvalue weighted by atomic mass is 16.3. The number of phenolic OH excluding ortho intramolecular Hbond substituents is 2. The molecule has 0 aromatic heterocycles. The van der Waals surface area contributed by atoms with Crippen molar-refractivity contribution in [3.63, 3.8) is 0 Å². The zero-order chi connectivity index (χ0) is 14.0. The van der Waals surface area contributed by atoms with Gasteiger partial charge < -0.3 is 25.5 Å². The molecule has 0 aliphatic carbocycles. The number of nitrogens with zero attached hydrogens (tertiary/aromatic N) is 1. The van der Waals surface area contributed by atoms with Crippen molar-refractivity contribution in [2.45, 2.75) is 12.0 Å². The number of β-amino-alcohol motifs (C(OH)–C–C–N with tert-alkyl or cyclic N) is 1. The first-order valence-corrected chi connectivity index (χ1v) is 6.12. The fraction of sp³-hybridized carbons (Fsp3) is 0.462. The van der Waals surface area contributed by atoms with Gasteiger partial charge in [0.05, 0.1) is 12.1 Å². The first-order chi connectivity index (χ1) is 8.91. The van der Waals surface area contributed by atoms with Crippen molar-refractivity contribution in [3.05, 3.63) is 23.8 Å². The van der Waals surface area contributed by atoms with Crippen LogP contribution in [0.1, 0.15) is 16.8 Å². The van der Waals surface area contributed by atoms with E-state index in [-0.39, 0.29) is 29.5 Å².